The highest BCUT2D eigenvalue weighted by molar-refractivity contribution is 5.96. The summed E-state index contributed by atoms with van der Waals surface area (Å²) in [5.41, 5.74) is 3.01. The number of fused-ring (bicyclic) bond motifs is 2. The van der Waals surface area contributed by atoms with E-state index in [1.54, 1.807) is 23.8 Å². The average molecular weight is 597 g/mol. The minimum Gasteiger partial charge on any atom is -0.494 e. The number of para-hydroxylation sites is 1. The molecule has 0 radical (unpaired) electrons. The van der Waals surface area contributed by atoms with Gasteiger partial charge < -0.3 is 34.9 Å². The molecular formula is C31H37ClN4O6. The van der Waals surface area contributed by atoms with Crippen LogP contribution in [0.5, 0.6) is 17.2 Å². The zero-order valence-corrected chi connectivity index (χ0v) is 24.8. The topological polar surface area (TPSA) is 127 Å². The Bertz CT molecular complexity index is 1580. The van der Waals surface area contributed by atoms with Gasteiger partial charge in [0.15, 0.2) is 6.61 Å². The van der Waals surface area contributed by atoms with Crippen LogP contribution in [-0.2, 0) is 17.9 Å². The van der Waals surface area contributed by atoms with Gasteiger partial charge in [-0.3, -0.25) is 9.36 Å². The number of aliphatic hydroxyl groups is 1. The number of β-amino-alcohol motifs (C(OH)–C–C–N with tert-alkyl or cyclic N) is 1. The second-order valence-electron chi connectivity index (χ2n) is 10.8. The first-order valence-electron chi connectivity index (χ1n) is 13.7. The fourth-order valence-corrected chi connectivity index (χ4v) is 5.07. The molecular weight excluding hydrogens is 560 g/mol. The maximum Gasteiger partial charge on any atom is 0.326 e. The van der Waals surface area contributed by atoms with Gasteiger partial charge in [-0.05, 0) is 50.5 Å². The van der Waals surface area contributed by atoms with Gasteiger partial charge in [-0.1, -0.05) is 36.4 Å². The van der Waals surface area contributed by atoms with Crippen molar-refractivity contribution >= 4 is 35.0 Å². The molecule has 1 unspecified atom stereocenters. The van der Waals surface area contributed by atoms with Gasteiger partial charge in [0.1, 0.15) is 29.4 Å². The maximum atomic E-state index is 12.6. The van der Waals surface area contributed by atoms with Crippen LogP contribution in [0.3, 0.4) is 0 Å². The van der Waals surface area contributed by atoms with E-state index in [-0.39, 0.29) is 42.7 Å². The molecule has 10 nitrogen and oxygen atoms in total. The van der Waals surface area contributed by atoms with Crippen LogP contribution in [0.2, 0.25) is 0 Å². The van der Waals surface area contributed by atoms with Gasteiger partial charge in [-0.15, -0.1) is 12.4 Å². The van der Waals surface area contributed by atoms with Crippen molar-refractivity contribution in [2.45, 2.75) is 51.5 Å². The molecule has 1 amide bonds. The fraction of sp³-hybridized carbons (Fsp3) is 0.355. The van der Waals surface area contributed by atoms with Crippen LogP contribution in [0.1, 0.15) is 43.9 Å². The minimum absolute atomic E-state index is 0. The number of H-pyrrole nitrogens is 1. The Balaban J connectivity index is 0.00000405. The number of methoxy groups -OCH3 is 1. The summed E-state index contributed by atoms with van der Waals surface area (Å²) in [6, 6.07) is 18.8. The lowest BCUT2D eigenvalue weighted by atomic mass is 9.97. The van der Waals surface area contributed by atoms with Crippen LogP contribution >= 0.6 is 12.4 Å². The van der Waals surface area contributed by atoms with Gasteiger partial charge in [0.2, 0.25) is 0 Å². The van der Waals surface area contributed by atoms with Crippen LogP contribution in [0.15, 0.2) is 65.5 Å². The maximum absolute atomic E-state index is 12.6. The largest absolute Gasteiger partial charge is 0.494 e. The lowest BCUT2D eigenvalue weighted by Gasteiger charge is -2.29. The molecule has 224 valence electrons. The minimum atomic E-state index is -0.915. The molecule has 0 spiro atoms. The number of carbonyl (C=O) groups is 1. The standard InChI is InChI=1S/C31H36N4O6.ClH/c1-31(2,13-8-14-35-24-11-7-12-26(39-3)28(24)34-30(35)38)32-17-25(36)22-15-21(40-18-20-9-5-4-6-10-20)16-23-29(22)41-19-27(37)33-23;/h4-7,9-12,15-16,25,32,36H,8,13-14,17-19H2,1-3H3,(H,33,37)(H,34,38);1H. The SMILES string of the molecule is COc1cccc2c1[nH]c(=O)n2CCCC(C)(C)NCC(O)c1cc(OCc2ccccc2)cc2c1OCC(=O)N2.Cl. The Morgan fingerprint density at radius 1 is 1.12 bits per heavy atom. The van der Waals surface area contributed by atoms with E-state index in [0.29, 0.717) is 47.2 Å². The molecule has 1 aliphatic rings. The molecule has 4 aromatic rings. The zero-order valence-electron chi connectivity index (χ0n) is 23.9. The van der Waals surface area contributed by atoms with Crippen LogP contribution in [0.25, 0.3) is 11.0 Å². The number of carbonyl (C=O) groups excluding carboxylic acids is 1. The molecule has 0 bridgehead atoms. The lowest BCUT2D eigenvalue weighted by molar-refractivity contribution is -0.118. The number of aromatic amines is 1. The first-order chi connectivity index (χ1) is 19.7. The third-order valence-corrected chi connectivity index (χ3v) is 7.27. The van der Waals surface area contributed by atoms with Crippen LogP contribution in [-0.4, -0.2) is 46.4 Å². The highest BCUT2D eigenvalue weighted by atomic mass is 35.5. The van der Waals surface area contributed by atoms with E-state index in [9.17, 15) is 14.7 Å². The predicted molar refractivity (Wildman–Crippen MR) is 164 cm³/mol. The van der Waals surface area contributed by atoms with E-state index < -0.39 is 6.10 Å². The number of aromatic nitrogens is 2. The van der Waals surface area contributed by atoms with E-state index in [2.05, 4.69) is 29.5 Å². The van der Waals surface area contributed by atoms with Crippen LogP contribution < -0.4 is 30.5 Å². The third-order valence-electron chi connectivity index (χ3n) is 7.27. The summed E-state index contributed by atoms with van der Waals surface area (Å²) in [5, 5.41) is 17.5. The van der Waals surface area contributed by atoms with Gasteiger partial charge in [-0.25, -0.2) is 4.79 Å². The molecule has 0 fully saturated rings. The van der Waals surface area contributed by atoms with Crippen molar-refractivity contribution in [1.29, 1.82) is 0 Å². The van der Waals surface area contributed by atoms with Crippen molar-refractivity contribution in [1.82, 2.24) is 14.9 Å². The van der Waals surface area contributed by atoms with Gasteiger partial charge in [-0.2, -0.15) is 0 Å². The summed E-state index contributed by atoms with van der Waals surface area (Å²) >= 11 is 0. The zero-order chi connectivity index (χ0) is 29.0. The molecule has 1 aliphatic heterocycles. The molecule has 1 aromatic heterocycles. The second-order valence-corrected chi connectivity index (χ2v) is 10.8. The number of aliphatic hydroxyl groups excluding tert-OH is 1. The molecule has 1 atom stereocenters. The molecule has 0 saturated carbocycles. The summed E-state index contributed by atoms with van der Waals surface area (Å²) in [5.74, 6) is 1.34. The molecule has 42 heavy (non-hydrogen) atoms. The molecule has 4 N–H and O–H groups in total. The Kier molecular flexibility index (Phi) is 9.82. The molecule has 5 rings (SSSR count). The smallest absolute Gasteiger partial charge is 0.326 e. The van der Waals surface area contributed by atoms with E-state index in [1.165, 1.54) is 0 Å². The van der Waals surface area contributed by atoms with E-state index in [1.807, 2.05) is 48.5 Å². The summed E-state index contributed by atoms with van der Waals surface area (Å²) in [7, 11) is 1.58. The monoisotopic (exact) mass is 596 g/mol. The Morgan fingerprint density at radius 2 is 1.90 bits per heavy atom. The van der Waals surface area contributed by atoms with Crippen LogP contribution in [0.4, 0.5) is 5.69 Å². The summed E-state index contributed by atoms with van der Waals surface area (Å²) in [4.78, 5) is 27.5. The highest BCUT2D eigenvalue weighted by Crippen LogP contribution is 2.39. The van der Waals surface area contributed by atoms with E-state index in [4.69, 9.17) is 14.2 Å². The van der Waals surface area contributed by atoms with Crippen molar-refractivity contribution in [3.8, 4) is 17.2 Å². The first-order valence-corrected chi connectivity index (χ1v) is 13.7. The summed E-state index contributed by atoms with van der Waals surface area (Å²) < 4.78 is 18.8. The number of hydrogen-bond donors (Lipinski definition) is 4. The Labute approximate surface area is 250 Å². The molecule has 11 heteroatoms. The number of nitrogens with one attached hydrogen (secondary N) is 3. The molecule has 3 aromatic carbocycles. The lowest BCUT2D eigenvalue weighted by Crippen LogP contribution is -2.42. The average Bonchev–Trinajstić information content (AvgIpc) is 3.29. The number of aryl methyl sites for hydroxylation is 1. The number of benzene rings is 3. The predicted octanol–water partition coefficient (Wildman–Crippen LogP) is 4.55. The van der Waals surface area contributed by atoms with Crippen molar-refractivity contribution in [3.05, 3.63) is 82.3 Å². The van der Waals surface area contributed by atoms with Crippen LogP contribution in [0, 0.1) is 0 Å². The van der Waals surface area contributed by atoms with E-state index >= 15 is 0 Å². The number of rotatable bonds is 12. The normalized spacial score (nSPS) is 13.5. The molecule has 0 aliphatic carbocycles. The Morgan fingerprint density at radius 3 is 2.67 bits per heavy atom. The van der Waals surface area contributed by atoms with Gasteiger partial charge in [0.05, 0.1) is 24.4 Å². The molecule has 2 heterocycles. The number of anilines is 1. The number of hydrogen-bond acceptors (Lipinski definition) is 7. The third kappa shape index (κ3) is 7.07. The van der Waals surface area contributed by atoms with Crippen molar-refractivity contribution in [2.24, 2.45) is 0 Å². The number of ether oxygens (including phenoxy) is 3. The number of halogens is 1. The summed E-state index contributed by atoms with van der Waals surface area (Å²) in [6.07, 6.45) is 0.586. The van der Waals surface area contributed by atoms with Gasteiger partial charge in [0.25, 0.3) is 5.91 Å². The first kappa shape index (κ1) is 31.0. The second kappa shape index (κ2) is 13.3. The highest BCUT2D eigenvalue weighted by Gasteiger charge is 2.26. The van der Waals surface area contributed by atoms with Crippen molar-refractivity contribution < 1.29 is 24.1 Å². The quantitative estimate of drug-likeness (QED) is 0.189. The molecule has 0 saturated heterocycles. The van der Waals surface area contributed by atoms with Gasteiger partial charge in [0, 0.05) is 30.3 Å². The Hall–Kier alpha value is -3.99. The number of imidazole rings is 1. The van der Waals surface area contributed by atoms with E-state index in [0.717, 1.165) is 23.9 Å². The van der Waals surface area contributed by atoms with Gasteiger partial charge >= 0.3 is 5.69 Å². The van der Waals surface area contributed by atoms with Crippen molar-refractivity contribution in [3.63, 3.8) is 0 Å². The fourth-order valence-electron chi connectivity index (χ4n) is 5.07. The van der Waals surface area contributed by atoms with Crippen molar-refractivity contribution in [2.75, 3.05) is 25.6 Å². The number of nitrogens with zero attached hydrogens (tertiary/aromatic N) is 1. The number of amides is 1. The summed E-state index contributed by atoms with van der Waals surface area (Å²) in [6.45, 7) is 5.15.